The number of aryl methyl sites for hydroxylation is 1. The van der Waals surface area contributed by atoms with Crippen LogP contribution in [0.25, 0.3) is 0 Å². The Bertz CT molecular complexity index is 693. The van der Waals surface area contributed by atoms with E-state index in [2.05, 4.69) is 36.2 Å². The van der Waals surface area contributed by atoms with Gasteiger partial charge in [0.25, 0.3) is 0 Å². The number of hydrogen-bond acceptors (Lipinski definition) is 3. The van der Waals surface area contributed by atoms with Crippen LogP contribution in [-0.4, -0.2) is 17.0 Å². The molecule has 2 aromatic rings. The molecule has 1 aliphatic heterocycles. The summed E-state index contributed by atoms with van der Waals surface area (Å²) < 4.78 is 6.04. The number of ether oxygens (including phenoxy) is 1. The van der Waals surface area contributed by atoms with Crippen molar-refractivity contribution < 1.29 is 4.74 Å². The third kappa shape index (κ3) is 1.73. The highest BCUT2D eigenvalue weighted by molar-refractivity contribution is 5.93. The van der Waals surface area contributed by atoms with Crippen LogP contribution < -0.4 is 0 Å². The van der Waals surface area contributed by atoms with Crippen LogP contribution in [0.5, 0.6) is 0 Å². The van der Waals surface area contributed by atoms with Gasteiger partial charge in [0.15, 0.2) is 0 Å². The van der Waals surface area contributed by atoms with Crippen molar-refractivity contribution in [2.24, 2.45) is 4.99 Å². The summed E-state index contributed by atoms with van der Waals surface area (Å²) in [7, 11) is 0. The molecule has 0 fully saturated rings. The summed E-state index contributed by atoms with van der Waals surface area (Å²) in [6, 6.07) is 14.7. The van der Waals surface area contributed by atoms with Crippen molar-refractivity contribution in [3.8, 4) is 0 Å². The van der Waals surface area contributed by atoms with Gasteiger partial charge < -0.3 is 4.74 Å². The second-order valence-electron chi connectivity index (χ2n) is 5.31. The van der Waals surface area contributed by atoms with E-state index in [4.69, 9.17) is 9.73 Å². The first-order valence-corrected chi connectivity index (χ1v) is 7.13. The van der Waals surface area contributed by atoms with Gasteiger partial charge in [0.05, 0.1) is 0 Å². The summed E-state index contributed by atoms with van der Waals surface area (Å²) in [5.41, 5.74) is 4.60. The second kappa shape index (κ2) is 4.44. The Morgan fingerprint density at radius 1 is 1.15 bits per heavy atom. The number of aliphatic imine (C=N–C) groups is 1. The molecule has 3 heteroatoms. The minimum atomic E-state index is 0.147. The molecular formula is C17H16N2O. The Labute approximate surface area is 118 Å². The first-order valence-electron chi connectivity index (χ1n) is 7.13. The lowest BCUT2D eigenvalue weighted by Gasteiger charge is -2.08. The molecule has 1 aliphatic carbocycles. The predicted octanol–water partition coefficient (Wildman–Crippen LogP) is 3.09. The monoisotopic (exact) mass is 264 g/mol. The minimum Gasteiger partial charge on any atom is -0.470 e. The van der Waals surface area contributed by atoms with Crippen molar-refractivity contribution in [2.45, 2.75) is 31.9 Å². The number of rotatable bonds is 2. The molecule has 0 amide bonds. The molecule has 0 N–H and O–H groups in total. The van der Waals surface area contributed by atoms with E-state index in [0.717, 1.165) is 24.2 Å². The number of fused-ring (bicyclic) bond motifs is 3. The fourth-order valence-electron chi connectivity index (χ4n) is 3.02. The molecule has 2 atom stereocenters. The molecule has 0 unspecified atom stereocenters. The molecule has 0 bridgehead atoms. The summed E-state index contributed by atoms with van der Waals surface area (Å²) in [6.07, 6.45) is 2.02. The van der Waals surface area contributed by atoms with Crippen LogP contribution in [0.2, 0.25) is 0 Å². The number of benzene rings is 1. The zero-order valence-corrected chi connectivity index (χ0v) is 11.4. The molecule has 0 radical (unpaired) electrons. The Morgan fingerprint density at radius 3 is 2.95 bits per heavy atom. The average Bonchev–Trinajstić information content (AvgIpc) is 3.05. The second-order valence-corrected chi connectivity index (χ2v) is 5.31. The van der Waals surface area contributed by atoms with Gasteiger partial charge in [-0.25, -0.2) is 9.98 Å². The van der Waals surface area contributed by atoms with Crippen molar-refractivity contribution in [3.05, 3.63) is 65.0 Å². The minimum absolute atomic E-state index is 0.147. The van der Waals surface area contributed by atoms with Gasteiger partial charge in [0.1, 0.15) is 17.8 Å². The molecule has 0 spiro atoms. The molecule has 0 saturated carbocycles. The van der Waals surface area contributed by atoms with Gasteiger partial charge in [-0.3, -0.25) is 0 Å². The van der Waals surface area contributed by atoms with Crippen molar-refractivity contribution in [3.63, 3.8) is 0 Å². The van der Waals surface area contributed by atoms with Gasteiger partial charge in [0, 0.05) is 12.1 Å². The SMILES string of the molecule is CCc1cccc(C2=N[C@H]3c4ccccc4C[C@H]3O2)n1. The van der Waals surface area contributed by atoms with E-state index in [-0.39, 0.29) is 12.1 Å². The van der Waals surface area contributed by atoms with Crippen LogP contribution >= 0.6 is 0 Å². The summed E-state index contributed by atoms with van der Waals surface area (Å²) in [6.45, 7) is 2.11. The zero-order valence-electron chi connectivity index (χ0n) is 11.4. The van der Waals surface area contributed by atoms with Crippen LogP contribution in [-0.2, 0) is 17.6 Å². The summed E-state index contributed by atoms with van der Waals surface area (Å²) in [5, 5.41) is 0. The molecule has 2 heterocycles. The van der Waals surface area contributed by atoms with Crippen molar-refractivity contribution in [1.82, 2.24) is 4.98 Å². The standard InChI is InChI=1S/C17H16N2O/c1-2-12-7-5-9-14(18-12)17-19-16-13-8-4-3-6-11(13)10-15(16)20-17/h3-9,15-16H,2,10H2,1H3/t15-,16+/m1/s1. The number of aromatic nitrogens is 1. The van der Waals surface area contributed by atoms with Gasteiger partial charge in [-0.2, -0.15) is 0 Å². The first-order chi connectivity index (χ1) is 9.85. The third-order valence-electron chi connectivity index (χ3n) is 4.05. The normalized spacial score (nSPS) is 22.9. The highest BCUT2D eigenvalue weighted by Crippen LogP contribution is 2.40. The summed E-state index contributed by atoms with van der Waals surface area (Å²) in [4.78, 5) is 9.37. The lowest BCUT2D eigenvalue weighted by Crippen LogP contribution is -2.14. The van der Waals surface area contributed by atoms with Crippen molar-refractivity contribution in [1.29, 1.82) is 0 Å². The van der Waals surface area contributed by atoms with E-state index >= 15 is 0 Å². The van der Waals surface area contributed by atoms with E-state index < -0.39 is 0 Å². The highest BCUT2D eigenvalue weighted by Gasteiger charge is 2.39. The molecule has 1 aromatic heterocycles. The fraction of sp³-hybridized carbons (Fsp3) is 0.294. The highest BCUT2D eigenvalue weighted by atomic mass is 16.5. The van der Waals surface area contributed by atoms with E-state index in [0.29, 0.717) is 5.90 Å². The average molecular weight is 264 g/mol. The van der Waals surface area contributed by atoms with Crippen LogP contribution in [0.3, 0.4) is 0 Å². The molecular weight excluding hydrogens is 248 g/mol. The molecule has 20 heavy (non-hydrogen) atoms. The maximum Gasteiger partial charge on any atom is 0.236 e. The largest absolute Gasteiger partial charge is 0.470 e. The molecule has 0 saturated heterocycles. The van der Waals surface area contributed by atoms with Crippen LogP contribution in [0.15, 0.2) is 47.5 Å². The predicted molar refractivity (Wildman–Crippen MR) is 77.9 cm³/mol. The number of hydrogen-bond donors (Lipinski definition) is 0. The van der Waals surface area contributed by atoms with E-state index in [1.807, 2.05) is 18.2 Å². The summed E-state index contributed by atoms with van der Waals surface area (Å²) >= 11 is 0. The number of nitrogens with zero attached hydrogens (tertiary/aromatic N) is 2. The lowest BCUT2D eigenvalue weighted by molar-refractivity contribution is 0.206. The zero-order chi connectivity index (χ0) is 13.5. The molecule has 4 rings (SSSR count). The fourth-order valence-corrected chi connectivity index (χ4v) is 3.02. The molecule has 2 aliphatic rings. The third-order valence-corrected chi connectivity index (χ3v) is 4.05. The quantitative estimate of drug-likeness (QED) is 0.835. The van der Waals surface area contributed by atoms with E-state index in [9.17, 15) is 0 Å². The van der Waals surface area contributed by atoms with Crippen molar-refractivity contribution in [2.75, 3.05) is 0 Å². The Morgan fingerprint density at radius 2 is 2.05 bits per heavy atom. The maximum atomic E-state index is 6.04. The van der Waals surface area contributed by atoms with Gasteiger partial charge in [-0.15, -0.1) is 0 Å². The topological polar surface area (TPSA) is 34.5 Å². The van der Waals surface area contributed by atoms with E-state index in [1.165, 1.54) is 11.1 Å². The van der Waals surface area contributed by atoms with Gasteiger partial charge in [-0.1, -0.05) is 37.3 Å². The molecule has 100 valence electrons. The van der Waals surface area contributed by atoms with Gasteiger partial charge >= 0.3 is 0 Å². The first kappa shape index (κ1) is 11.6. The Balaban J connectivity index is 1.70. The van der Waals surface area contributed by atoms with Crippen LogP contribution in [0, 0.1) is 0 Å². The maximum absolute atomic E-state index is 6.04. The van der Waals surface area contributed by atoms with Crippen LogP contribution in [0.4, 0.5) is 0 Å². The van der Waals surface area contributed by atoms with Gasteiger partial charge in [-0.05, 0) is 29.7 Å². The Hall–Kier alpha value is -2.16. The smallest absolute Gasteiger partial charge is 0.236 e. The van der Waals surface area contributed by atoms with Gasteiger partial charge in [0.2, 0.25) is 5.90 Å². The van der Waals surface area contributed by atoms with Crippen molar-refractivity contribution >= 4 is 5.90 Å². The molecule has 3 nitrogen and oxygen atoms in total. The summed E-state index contributed by atoms with van der Waals surface area (Å²) in [5.74, 6) is 0.699. The number of pyridine rings is 1. The molecule has 1 aromatic carbocycles. The Kier molecular flexibility index (Phi) is 2.59. The van der Waals surface area contributed by atoms with Crippen LogP contribution in [0.1, 0.15) is 35.5 Å². The lowest BCUT2D eigenvalue weighted by atomic mass is 10.1. The van der Waals surface area contributed by atoms with E-state index in [1.54, 1.807) is 0 Å².